The monoisotopic (exact) mass is 370 g/mol. The fourth-order valence-electron chi connectivity index (χ4n) is 2.65. The van der Waals surface area contributed by atoms with E-state index in [2.05, 4.69) is 15.9 Å². The zero-order chi connectivity index (χ0) is 15.9. The van der Waals surface area contributed by atoms with Crippen LogP contribution in [-0.2, 0) is 19.0 Å². The molecule has 0 saturated carbocycles. The van der Waals surface area contributed by atoms with Gasteiger partial charge in [0.15, 0.2) is 0 Å². The second kappa shape index (κ2) is 5.61. The molecular weight excluding hydrogens is 357 g/mol. The summed E-state index contributed by atoms with van der Waals surface area (Å²) in [5, 5.41) is 0. The summed E-state index contributed by atoms with van der Waals surface area (Å²) in [6.07, 6.45) is -3.29. The van der Waals surface area contributed by atoms with E-state index in [-0.39, 0.29) is 6.10 Å². The molecule has 2 aromatic carbocycles. The largest absolute Gasteiger partial charge is 0.488 e. The van der Waals surface area contributed by atoms with Crippen LogP contribution in [0.1, 0.15) is 22.3 Å². The summed E-state index contributed by atoms with van der Waals surface area (Å²) in [6.45, 7) is 2.02. The van der Waals surface area contributed by atoms with Crippen LogP contribution in [0.25, 0.3) is 0 Å². The SMILES string of the molecule is Cc1ccc(CC2Cc3cc(C(F)(F)F)cc(Br)c3O2)cc1. The van der Waals surface area contributed by atoms with Gasteiger partial charge in [-0.1, -0.05) is 29.8 Å². The first-order valence-electron chi connectivity index (χ1n) is 6.95. The van der Waals surface area contributed by atoms with Gasteiger partial charge in [0.25, 0.3) is 0 Å². The first-order valence-corrected chi connectivity index (χ1v) is 7.74. The predicted molar refractivity (Wildman–Crippen MR) is 82.1 cm³/mol. The number of hydrogen-bond acceptors (Lipinski definition) is 1. The van der Waals surface area contributed by atoms with E-state index in [1.807, 2.05) is 31.2 Å². The molecule has 1 heterocycles. The highest BCUT2D eigenvalue weighted by atomic mass is 79.9. The average molecular weight is 371 g/mol. The van der Waals surface area contributed by atoms with Gasteiger partial charge in [0, 0.05) is 12.8 Å². The Balaban J connectivity index is 1.80. The maximum absolute atomic E-state index is 12.9. The van der Waals surface area contributed by atoms with Gasteiger partial charge >= 0.3 is 6.18 Å². The molecule has 0 fully saturated rings. The Bertz CT molecular complexity index is 692. The summed E-state index contributed by atoms with van der Waals surface area (Å²) in [5.74, 6) is 0.533. The Hall–Kier alpha value is -1.49. The summed E-state index contributed by atoms with van der Waals surface area (Å²) in [7, 11) is 0. The summed E-state index contributed by atoms with van der Waals surface area (Å²) >= 11 is 3.19. The van der Waals surface area contributed by atoms with E-state index in [1.54, 1.807) is 0 Å². The molecule has 22 heavy (non-hydrogen) atoms. The lowest BCUT2D eigenvalue weighted by Crippen LogP contribution is -2.16. The molecule has 1 aliphatic rings. The van der Waals surface area contributed by atoms with Crippen molar-refractivity contribution in [1.82, 2.24) is 0 Å². The molecule has 0 saturated heterocycles. The van der Waals surface area contributed by atoms with Crippen molar-refractivity contribution >= 4 is 15.9 Å². The summed E-state index contributed by atoms with van der Waals surface area (Å²) < 4.78 is 44.8. The van der Waals surface area contributed by atoms with Crippen LogP contribution in [0.3, 0.4) is 0 Å². The highest BCUT2D eigenvalue weighted by molar-refractivity contribution is 9.10. The topological polar surface area (TPSA) is 9.23 Å². The minimum absolute atomic E-state index is 0.127. The quantitative estimate of drug-likeness (QED) is 0.694. The van der Waals surface area contributed by atoms with Crippen molar-refractivity contribution < 1.29 is 17.9 Å². The molecule has 1 atom stereocenters. The molecule has 0 bridgehead atoms. The first kappa shape index (κ1) is 15.4. The molecule has 1 unspecified atom stereocenters. The van der Waals surface area contributed by atoms with E-state index < -0.39 is 11.7 Å². The molecule has 0 aliphatic carbocycles. The molecule has 2 aromatic rings. The predicted octanol–water partition coefficient (Wildman–Crippen LogP) is 5.32. The first-order chi connectivity index (χ1) is 10.3. The lowest BCUT2D eigenvalue weighted by Gasteiger charge is -2.12. The second-order valence-corrected chi connectivity index (χ2v) is 6.43. The van der Waals surface area contributed by atoms with Crippen LogP contribution in [0.2, 0.25) is 0 Å². The van der Waals surface area contributed by atoms with E-state index in [9.17, 15) is 13.2 Å². The van der Waals surface area contributed by atoms with Crippen molar-refractivity contribution in [3.05, 3.63) is 63.1 Å². The van der Waals surface area contributed by atoms with Gasteiger partial charge < -0.3 is 4.74 Å². The fraction of sp³-hybridized carbons (Fsp3) is 0.294. The van der Waals surface area contributed by atoms with Crippen LogP contribution in [0.5, 0.6) is 5.75 Å². The van der Waals surface area contributed by atoms with Gasteiger partial charge in [0.1, 0.15) is 11.9 Å². The molecule has 0 spiro atoms. The van der Waals surface area contributed by atoms with Crippen LogP contribution in [0.4, 0.5) is 13.2 Å². The van der Waals surface area contributed by atoms with Gasteiger partial charge in [-0.2, -0.15) is 13.2 Å². The maximum Gasteiger partial charge on any atom is 0.416 e. The minimum Gasteiger partial charge on any atom is -0.488 e. The number of benzene rings is 2. The van der Waals surface area contributed by atoms with E-state index in [0.717, 1.165) is 11.6 Å². The molecule has 116 valence electrons. The third-order valence-electron chi connectivity index (χ3n) is 3.76. The number of hydrogen-bond donors (Lipinski definition) is 0. The van der Waals surface area contributed by atoms with Crippen LogP contribution in [0.15, 0.2) is 40.9 Å². The molecule has 5 heteroatoms. The number of fused-ring (bicyclic) bond motifs is 1. The van der Waals surface area contributed by atoms with Crippen LogP contribution in [-0.4, -0.2) is 6.10 Å². The van der Waals surface area contributed by atoms with E-state index in [0.29, 0.717) is 28.6 Å². The van der Waals surface area contributed by atoms with Crippen molar-refractivity contribution in [3.8, 4) is 5.75 Å². The lowest BCUT2D eigenvalue weighted by molar-refractivity contribution is -0.137. The molecule has 0 radical (unpaired) electrons. The number of alkyl halides is 3. The highest BCUT2D eigenvalue weighted by Crippen LogP contribution is 2.41. The van der Waals surface area contributed by atoms with E-state index in [4.69, 9.17) is 4.74 Å². The molecule has 0 amide bonds. The third kappa shape index (κ3) is 3.14. The number of aryl methyl sites for hydroxylation is 1. The summed E-state index contributed by atoms with van der Waals surface area (Å²) in [5.41, 5.74) is 2.27. The molecule has 0 aromatic heterocycles. The van der Waals surface area contributed by atoms with Crippen LogP contribution in [0, 0.1) is 6.92 Å². The van der Waals surface area contributed by atoms with Crippen molar-refractivity contribution in [2.75, 3.05) is 0 Å². The fourth-order valence-corrected chi connectivity index (χ4v) is 3.25. The molecule has 0 N–H and O–H groups in total. The summed E-state index contributed by atoms with van der Waals surface area (Å²) in [6, 6.07) is 10.4. The number of ether oxygens (including phenoxy) is 1. The Morgan fingerprint density at radius 2 is 1.86 bits per heavy atom. The Morgan fingerprint density at radius 3 is 2.50 bits per heavy atom. The van der Waals surface area contributed by atoms with Crippen molar-refractivity contribution in [3.63, 3.8) is 0 Å². The Kier molecular flexibility index (Phi) is 3.93. The molecule has 1 aliphatic heterocycles. The van der Waals surface area contributed by atoms with Gasteiger partial charge in [-0.25, -0.2) is 0 Å². The maximum atomic E-state index is 12.9. The number of rotatable bonds is 2. The van der Waals surface area contributed by atoms with Crippen LogP contribution < -0.4 is 4.74 Å². The lowest BCUT2D eigenvalue weighted by atomic mass is 10.0. The average Bonchev–Trinajstić information content (AvgIpc) is 2.83. The normalized spacial score (nSPS) is 17.2. The zero-order valence-electron chi connectivity index (χ0n) is 11.9. The van der Waals surface area contributed by atoms with Crippen molar-refractivity contribution in [2.24, 2.45) is 0 Å². The second-order valence-electron chi connectivity index (χ2n) is 5.58. The standard InChI is InChI=1S/C17H14BrF3O/c1-10-2-4-11(5-3-10)6-14-8-12-7-13(17(19,20)21)9-15(18)16(12)22-14/h2-5,7,9,14H,6,8H2,1H3. The third-order valence-corrected chi connectivity index (χ3v) is 4.35. The van der Waals surface area contributed by atoms with Gasteiger partial charge in [0.05, 0.1) is 10.0 Å². The molecular formula is C17H14BrF3O. The van der Waals surface area contributed by atoms with Gasteiger partial charge in [-0.15, -0.1) is 0 Å². The van der Waals surface area contributed by atoms with Gasteiger partial charge in [-0.05, 0) is 46.1 Å². The number of halogens is 4. The molecule has 3 rings (SSSR count). The minimum atomic E-state index is -4.34. The highest BCUT2D eigenvalue weighted by Gasteiger charge is 2.34. The van der Waals surface area contributed by atoms with E-state index in [1.165, 1.54) is 11.6 Å². The molecule has 1 nitrogen and oxygen atoms in total. The zero-order valence-corrected chi connectivity index (χ0v) is 13.5. The van der Waals surface area contributed by atoms with Crippen LogP contribution >= 0.6 is 15.9 Å². The van der Waals surface area contributed by atoms with E-state index >= 15 is 0 Å². The van der Waals surface area contributed by atoms with Crippen molar-refractivity contribution in [1.29, 1.82) is 0 Å². The smallest absolute Gasteiger partial charge is 0.416 e. The van der Waals surface area contributed by atoms with Gasteiger partial charge in [0.2, 0.25) is 0 Å². The Morgan fingerprint density at radius 1 is 1.18 bits per heavy atom. The summed E-state index contributed by atoms with van der Waals surface area (Å²) in [4.78, 5) is 0. The van der Waals surface area contributed by atoms with Gasteiger partial charge in [-0.3, -0.25) is 0 Å². The van der Waals surface area contributed by atoms with Crippen molar-refractivity contribution in [2.45, 2.75) is 32.0 Å². The Labute approximate surface area is 135 Å².